The molecule has 4 nitrogen and oxygen atoms in total. The number of sulfonamides is 1. The molecule has 0 fully saturated rings. The zero-order valence-electron chi connectivity index (χ0n) is 13.1. The van der Waals surface area contributed by atoms with Crippen LogP contribution in [0.15, 0.2) is 14.7 Å². The van der Waals surface area contributed by atoms with Crippen LogP contribution >= 0.6 is 27.3 Å². The Kier molecular flexibility index (Phi) is 7.84. The summed E-state index contributed by atoms with van der Waals surface area (Å²) >= 11 is 4.83. The fourth-order valence-corrected chi connectivity index (χ4v) is 5.97. The van der Waals surface area contributed by atoms with Crippen molar-refractivity contribution in [2.45, 2.75) is 58.0 Å². The lowest BCUT2D eigenvalue weighted by molar-refractivity contribution is 0.445. The Morgan fingerprint density at radius 2 is 2.00 bits per heavy atom. The summed E-state index contributed by atoms with van der Waals surface area (Å²) in [6.07, 6.45) is 1.91. The fourth-order valence-electron chi connectivity index (χ4n) is 2.06. The third-order valence-corrected chi connectivity index (χ3v) is 7.20. The Hall–Kier alpha value is 0.0500. The van der Waals surface area contributed by atoms with Gasteiger partial charge in [0.2, 0.25) is 10.0 Å². The summed E-state index contributed by atoms with van der Waals surface area (Å²) in [6.45, 7) is 9.76. The molecule has 2 unspecified atom stereocenters. The van der Waals surface area contributed by atoms with Crippen LogP contribution in [0.1, 0.15) is 45.4 Å². The molecule has 0 aliphatic rings. The molecular weight excluding hydrogens is 372 g/mol. The molecule has 0 saturated heterocycles. The molecule has 0 aliphatic carbocycles. The van der Waals surface area contributed by atoms with Gasteiger partial charge in [0.25, 0.3) is 0 Å². The van der Waals surface area contributed by atoms with Crippen LogP contribution in [0, 0.1) is 5.92 Å². The Bertz CT molecular complexity index is 543. The Morgan fingerprint density at radius 1 is 1.33 bits per heavy atom. The SMILES string of the molecule is CCNCc1cc(S(=O)(=O)NC(C)CC(C)CC)c(Br)s1. The fraction of sp³-hybridized carbons (Fsp3) is 0.714. The van der Waals surface area contributed by atoms with Crippen LogP contribution in [0.4, 0.5) is 0 Å². The van der Waals surface area contributed by atoms with Gasteiger partial charge in [-0.05, 0) is 47.8 Å². The van der Waals surface area contributed by atoms with Gasteiger partial charge in [-0.25, -0.2) is 13.1 Å². The predicted molar refractivity (Wildman–Crippen MR) is 93.3 cm³/mol. The maximum atomic E-state index is 12.5. The molecule has 2 N–H and O–H groups in total. The highest BCUT2D eigenvalue weighted by Crippen LogP contribution is 2.32. The van der Waals surface area contributed by atoms with Gasteiger partial charge in [-0.2, -0.15) is 0 Å². The van der Waals surface area contributed by atoms with Crippen molar-refractivity contribution < 1.29 is 8.42 Å². The minimum atomic E-state index is -3.46. The summed E-state index contributed by atoms with van der Waals surface area (Å²) in [6, 6.07) is 1.68. The Labute approximate surface area is 140 Å². The van der Waals surface area contributed by atoms with Crippen molar-refractivity contribution in [1.82, 2.24) is 10.0 Å². The van der Waals surface area contributed by atoms with E-state index in [0.717, 1.165) is 24.3 Å². The molecule has 1 aromatic rings. The van der Waals surface area contributed by atoms with Crippen LogP contribution in [0.25, 0.3) is 0 Å². The third-order valence-electron chi connectivity index (χ3n) is 3.35. The molecule has 0 aliphatic heterocycles. The average Bonchev–Trinajstić information content (AvgIpc) is 2.77. The van der Waals surface area contributed by atoms with Crippen LogP contribution in [0.2, 0.25) is 0 Å². The summed E-state index contributed by atoms with van der Waals surface area (Å²) in [5.41, 5.74) is 0. The van der Waals surface area contributed by atoms with Crippen LogP contribution in [0.3, 0.4) is 0 Å². The first kappa shape index (κ1) is 19.1. The molecule has 21 heavy (non-hydrogen) atoms. The minimum absolute atomic E-state index is 0.0611. The van der Waals surface area contributed by atoms with Gasteiger partial charge in [0, 0.05) is 17.5 Å². The highest BCUT2D eigenvalue weighted by molar-refractivity contribution is 9.11. The molecule has 0 bridgehead atoms. The quantitative estimate of drug-likeness (QED) is 0.668. The van der Waals surface area contributed by atoms with E-state index in [4.69, 9.17) is 0 Å². The molecule has 0 saturated carbocycles. The molecule has 1 aromatic heterocycles. The summed E-state index contributed by atoms with van der Waals surface area (Å²) in [5, 5.41) is 3.21. The van der Waals surface area contributed by atoms with Crippen molar-refractivity contribution in [3.63, 3.8) is 0 Å². The topological polar surface area (TPSA) is 58.2 Å². The number of hydrogen-bond donors (Lipinski definition) is 2. The summed E-state index contributed by atoms with van der Waals surface area (Å²) in [5.74, 6) is 0.512. The van der Waals surface area contributed by atoms with Gasteiger partial charge >= 0.3 is 0 Å². The van der Waals surface area contributed by atoms with Gasteiger partial charge in [0.1, 0.15) is 4.90 Å². The largest absolute Gasteiger partial charge is 0.312 e. The second-order valence-corrected chi connectivity index (χ2v) is 9.54. The van der Waals surface area contributed by atoms with Crippen molar-refractivity contribution in [3.05, 3.63) is 14.7 Å². The minimum Gasteiger partial charge on any atom is -0.312 e. The zero-order valence-corrected chi connectivity index (χ0v) is 16.3. The average molecular weight is 397 g/mol. The lowest BCUT2D eigenvalue weighted by atomic mass is 10.0. The number of nitrogens with one attached hydrogen (secondary N) is 2. The summed E-state index contributed by atoms with van der Waals surface area (Å²) < 4.78 is 28.4. The van der Waals surface area contributed by atoms with Crippen molar-refractivity contribution in [1.29, 1.82) is 0 Å². The molecule has 0 aromatic carbocycles. The standard InChI is InChI=1S/C14H25BrN2O2S2/c1-5-10(3)7-11(4)17-21(18,19)13-8-12(9-16-6-2)20-14(13)15/h8,10-11,16-17H,5-7,9H2,1-4H3. The summed E-state index contributed by atoms with van der Waals surface area (Å²) in [4.78, 5) is 1.36. The van der Waals surface area contributed by atoms with Gasteiger partial charge in [0.05, 0.1) is 3.79 Å². The first-order valence-corrected chi connectivity index (χ1v) is 10.4. The van der Waals surface area contributed by atoms with Gasteiger partial charge in [-0.15, -0.1) is 11.3 Å². The lowest BCUT2D eigenvalue weighted by Crippen LogP contribution is -2.33. The Morgan fingerprint density at radius 3 is 2.57 bits per heavy atom. The van der Waals surface area contributed by atoms with Gasteiger partial charge < -0.3 is 5.32 Å². The van der Waals surface area contributed by atoms with E-state index >= 15 is 0 Å². The lowest BCUT2D eigenvalue weighted by Gasteiger charge is -2.17. The van der Waals surface area contributed by atoms with Crippen molar-refractivity contribution in [3.8, 4) is 0 Å². The molecule has 1 rings (SSSR count). The van der Waals surface area contributed by atoms with Crippen molar-refractivity contribution >= 4 is 37.3 Å². The number of thiophene rings is 1. The van der Waals surface area contributed by atoms with Gasteiger partial charge in [-0.1, -0.05) is 27.2 Å². The van der Waals surface area contributed by atoms with E-state index < -0.39 is 10.0 Å². The highest BCUT2D eigenvalue weighted by atomic mass is 79.9. The molecular formula is C14H25BrN2O2S2. The van der Waals surface area contributed by atoms with Crippen LogP contribution in [0.5, 0.6) is 0 Å². The number of hydrogen-bond acceptors (Lipinski definition) is 4. The van der Waals surface area contributed by atoms with Gasteiger partial charge in [0.15, 0.2) is 0 Å². The third kappa shape index (κ3) is 5.98. The van der Waals surface area contributed by atoms with E-state index in [1.807, 2.05) is 13.8 Å². The molecule has 122 valence electrons. The predicted octanol–water partition coefficient (Wildman–Crippen LogP) is 3.72. The maximum absolute atomic E-state index is 12.5. The monoisotopic (exact) mass is 396 g/mol. The second-order valence-electron chi connectivity index (χ2n) is 5.40. The van der Waals surface area contributed by atoms with E-state index in [0.29, 0.717) is 21.1 Å². The Balaban J connectivity index is 2.80. The van der Waals surface area contributed by atoms with E-state index in [-0.39, 0.29) is 6.04 Å². The second kappa shape index (κ2) is 8.62. The van der Waals surface area contributed by atoms with Crippen molar-refractivity contribution in [2.75, 3.05) is 6.54 Å². The van der Waals surface area contributed by atoms with Crippen LogP contribution < -0.4 is 10.0 Å². The smallest absolute Gasteiger partial charge is 0.242 e. The molecule has 0 amide bonds. The number of halogens is 1. The maximum Gasteiger partial charge on any atom is 0.242 e. The number of rotatable bonds is 9. The highest BCUT2D eigenvalue weighted by Gasteiger charge is 2.23. The van der Waals surface area contributed by atoms with Gasteiger partial charge in [-0.3, -0.25) is 0 Å². The molecule has 0 spiro atoms. The van der Waals surface area contributed by atoms with E-state index in [2.05, 4.69) is 39.8 Å². The van der Waals surface area contributed by atoms with Crippen LogP contribution in [-0.2, 0) is 16.6 Å². The normalized spacial score (nSPS) is 15.1. The van der Waals surface area contributed by atoms with Crippen LogP contribution in [-0.4, -0.2) is 21.0 Å². The molecule has 0 radical (unpaired) electrons. The van der Waals surface area contributed by atoms with Crippen molar-refractivity contribution in [2.24, 2.45) is 5.92 Å². The van der Waals surface area contributed by atoms with E-state index in [9.17, 15) is 8.42 Å². The first-order chi connectivity index (χ1) is 9.80. The van der Waals surface area contributed by atoms with E-state index in [1.54, 1.807) is 6.07 Å². The van der Waals surface area contributed by atoms with E-state index in [1.165, 1.54) is 11.3 Å². The molecule has 2 atom stereocenters. The molecule has 1 heterocycles. The zero-order chi connectivity index (χ0) is 16.0. The summed E-state index contributed by atoms with van der Waals surface area (Å²) in [7, 11) is -3.46. The first-order valence-electron chi connectivity index (χ1n) is 7.31. The molecule has 7 heteroatoms.